The first-order chi connectivity index (χ1) is 7.63. The molecule has 0 aliphatic rings. The fraction of sp³-hybridized carbons (Fsp3) is 0.818. The van der Waals surface area contributed by atoms with Crippen molar-refractivity contribution in [1.82, 2.24) is 15.5 Å². The molecular formula is C11H21N3O2. The second-order valence-corrected chi connectivity index (χ2v) is 4.00. The van der Waals surface area contributed by atoms with Crippen LogP contribution in [-0.4, -0.2) is 29.3 Å². The lowest BCUT2D eigenvalue weighted by Gasteiger charge is -2.05. The molecule has 0 saturated carbocycles. The van der Waals surface area contributed by atoms with E-state index in [0.29, 0.717) is 24.4 Å². The van der Waals surface area contributed by atoms with Crippen LogP contribution in [-0.2, 0) is 11.2 Å². The molecule has 0 saturated heterocycles. The normalized spacial score (nSPS) is 13.3. The molecule has 0 amide bonds. The van der Waals surface area contributed by atoms with Crippen LogP contribution in [0.4, 0.5) is 0 Å². The van der Waals surface area contributed by atoms with Crippen LogP contribution >= 0.6 is 0 Å². The summed E-state index contributed by atoms with van der Waals surface area (Å²) in [5.41, 5.74) is 0. The van der Waals surface area contributed by atoms with Gasteiger partial charge in [0.2, 0.25) is 5.89 Å². The van der Waals surface area contributed by atoms with E-state index in [2.05, 4.69) is 29.3 Å². The van der Waals surface area contributed by atoms with E-state index in [1.807, 2.05) is 13.8 Å². The Morgan fingerprint density at radius 1 is 1.38 bits per heavy atom. The van der Waals surface area contributed by atoms with E-state index in [-0.39, 0.29) is 6.10 Å². The van der Waals surface area contributed by atoms with E-state index >= 15 is 0 Å². The van der Waals surface area contributed by atoms with Gasteiger partial charge in [-0.3, -0.25) is 0 Å². The Morgan fingerprint density at radius 3 is 2.75 bits per heavy atom. The molecule has 1 aromatic rings. The minimum atomic E-state index is -0.0967. The van der Waals surface area contributed by atoms with Gasteiger partial charge in [-0.15, -0.1) is 0 Å². The third-order valence-electron chi connectivity index (χ3n) is 2.16. The van der Waals surface area contributed by atoms with Crippen LogP contribution in [0.2, 0.25) is 0 Å². The minimum Gasteiger partial charge on any atom is -0.371 e. The third kappa shape index (κ3) is 4.28. The highest BCUT2D eigenvalue weighted by Crippen LogP contribution is 2.12. The largest absolute Gasteiger partial charge is 0.371 e. The Morgan fingerprint density at radius 2 is 2.12 bits per heavy atom. The summed E-state index contributed by atoms with van der Waals surface area (Å²) in [6.07, 6.45) is 0.657. The Kier molecular flexibility index (Phi) is 5.42. The summed E-state index contributed by atoms with van der Waals surface area (Å²) in [4.78, 5) is 4.28. The van der Waals surface area contributed by atoms with Crippen molar-refractivity contribution < 1.29 is 9.26 Å². The zero-order valence-electron chi connectivity index (χ0n) is 10.5. The van der Waals surface area contributed by atoms with Gasteiger partial charge >= 0.3 is 0 Å². The number of rotatable bonds is 7. The van der Waals surface area contributed by atoms with Crippen LogP contribution in [0.3, 0.4) is 0 Å². The smallest absolute Gasteiger partial charge is 0.228 e. The predicted molar refractivity (Wildman–Crippen MR) is 61.2 cm³/mol. The average Bonchev–Trinajstić information content (AvgIpc) is 2.66. The first kappa shape index (κ1) is 13.1. The molecule has 1 rings (SSSR count). The standard InChI is InChI=1S/C11H21N3O2/c1-5-15-9(4)11-13-10(16-14-11)6-7-12-8(2)3/h8-9,12H,5-7H2,1-4H3. The van der Waals surface area contributed by atoms with Gasteiger partial charge in [0, 0.05) is 25.6 Å². The molecule has 16 heavy (non-hydrogen) atoms. The fourth-order valence-corrected chi connectivity index (χ4v) is 1.33. The summed E-state index contributed by atoms with van der Waals surface area (Å²) in [7, 11) is 0. The monoisotopic (exact) mass is 227 g/mol. The molecule has 0 bridgehead atoms. The summed E-state index contributed by atoms with van der Waals surface area (Å²) in [6.45, 7) is 9.59. The zero-order valence-corrected chi connectivity index (χ0v) is 10.5. The molecule has 1 atom stereocenters. The molecule has 1 heterocycles. The van der Waals surface area contributed by atoms with Crippen LogP contribution < -0.4 is 5.32 Å². The lowest BCUT2D eigenvalue weighted by atomic mass is 10.3. The van der Waals surface area contributed by atoms with E-state index in [1.54, 1.807) is 0 Å². The number of aromatic nitrogens is 2. The number of ether oxygens (including phenoxy) is 1. The van der Waals surface area contributed by atoms with Gasteiger partial charge in [0.1, 0.15) is 6.10 Å². The maximum absolute atomic E-state index is 5.38. The lowest BCUT2D eigenvalue weighted by Crippen LogP contribution is -2.25. The number of nitrogens with one attached hydrogen (secondary N) is 1. The van der Waals surface area contributed by atoms with Crippen molar-refractivity contribution in [2.45, 2.75) is 46.3 Å². The fourth-order valence-electron chi connectivity index (χ4n) is 1.33. The van der Waals surface area contributed by atoms with Crippen LogP contribution in [0.25, 0.3) is 0 Å². The van der Waals surface area contributed by atoms with Crippen LogP contribution in [0.1, 0.15) is 45.5 Å². The second kappa shape index (κ2) is 6.60. The van der Waals surface area contributed by atoms with E-state index < -0.39 is 0 Å². The first-order valence-electron chi connectivity index (χ1n) is 5.81. The summed E-state index contributed by atoms with van der Waals surface area (Å²) >= 11 is 0. The summed E-state index contributed by atoms with van der Waals surface area (Å²) < 4.78 is 10.5. The molecule has 0 aliphatic carbocycles. The molecule has 0 fully saturated rings. The van der Waals surface area contributed by atoms with Gasteiger partial charge in [-0.25, -0.2) is 0 Å². The Bertz CT molecular complexity index is 299. The van der Waals surface area contributed by atoms with E-state index in [9.17, 15) is 0 Å². The summed E-state index contributed by atoms with van der Waals surface area (Å²) in [5.74, 6) is 1.29. The molecule has 5 heteroatoms. The van der Waals surface area contributed by atoms with Crippen molar-refractivity contribution in [1.29, 1.82) is 0 Å². The van der Waals surface area contributed by atoms with Gasteiger partial charge in [-0.05, 0) is 13.8 Å². The van der Waals surface area contributed by atoms with Gasteiger partial charge in [0.05, 0.1) is 0 Å². The number of hydrogen-bond acceptors (Lipinski definition) is 5. The molecule has 1 aromatic heterocycles. The molecule has 5 nitrogen and oxygen atoms in total. The van der Waals surface area contributed by atoms with E-state index in [1.165, 1.54) is 0 Å². The highest BCUT2D eigenvalue weighted by molar-refractivity contribution is 4.90. The van der Waals surface area contributed by atoms with Crippen molar-refractivity contribution in [2.24, 2.45) is 0 Å². The third-order valence-corrected chi connectivity index (χ3v) is 2.16. The quantitative estimate of drug-likeness (QED) is 0.768. The summed E-state index contributed by atoms with van der Waals surface area (Å²) in [5, 5.41) is 7.19. The highest BCUT2D eigenvalue weighted by atomic mass is 16.5. The van der Waals surface area contributed by atoms with Crippen molar-refractivity contribution in [2.75, 3.05) is 13.2 Å². The van der Waals surface area contributed by atoms with Gasteiger partial charge in [0.15, 0.2) is 5.82 Å². The maximum atomic E-state index is 5.38. The van der Waals surface area contributed by atoms with Gasteiger partial charge in [0.25, 0.3) is 0 Å². The van der Waals surface area contributed by atoms with Crippen molar-refractivity contribution in [3.63, 3.8) is 0 Å². The Balaban J connectivity index is 2.39. The molecule has 0 spiro atoms. The molecule has 0 aromatic carbocycles. The van der Waals surface area contributed by atoms with Crippen molar-refractivity contribution in [3.05, 3.63) is 11.7 Å². The van der Waals surface area contributed by atoms with Crippen molar-refractivity contribution in [3.8, 4) is 0 Å². The molecule has 0 aliphatic heterocycles. The molecule has 1 N–H and O–H groups in total. The second-order valence-electron chi connectivity index (χ2n) is 4.00. The average molecular weight is 227 g/mol. The minimum absolute atomic E-state index is 0.0967. The maximum Gasteiger partial charge on any atom is 0.228 e. The van der Waals surface area contributed by atoms with Gasteiger partial charge in [-0.1, -0.05) is 19.0 Å². The molecule has 0 radical (unpaired) electrons. The number of nitrogens with zero attached hydrogens (tertiary/aromatic N) is 2. The predicted octanol–water partition coefficient (Wildman–Crippen LogP) is 1.71. The van der Waals surface area contributed by atoms with Gasteiger partial charge in [-0.2, -0.15) is 4.98 Å². The molecule has 92 valence electrons. The van der Waals surface area contributed by atoms with Crippen molar-refractivity contribution >= 4 is 0 Å². The highest BCUT2D eigenvalue weighted by Gasteiger charge is 2.13. The first-order valence-corrected chi connectivity index (χ1v) is 5.81. The van der Waals surface area contributed by atoms with E-state index in [0.717, 1.165) is 13.0 Å². The van der Waals surface area contributed by atoms with Crippen LogP contribution in [0, 0.1) is 0 Å². The number of hydrogen-bond donors (Lipinski definition) is 1. The molecular weight excluding hydrogens is 206 g/mol. The topological polar surface area (TPSA) is 60.2 Å². The zero-order chi connectivity index (χ0) is 12.0. The lowest BCUT2D eigenvalue weighted by molar-refractivity contribution is 0.0683. The molecule has 1 unspecified atom stereocenters. The summed E-state index contributed by atoms with van der Waals surface area (Å²) in [6, 6.07) is 0.477. The Hall–Kier alpha value is -0.940. The SMILES string of the molecule is CCOC(C)c1noc(CCNC(C)C)n1. The van der Waals surface area contributed by atoms with E-state index in [4.69, 9.17) is 9.26 Å². The van der Waals surface area contributed by atoms with Crippen LogP contribution in [0.5, 0.6) is 0 Å². The van der Waals surface area contributed by atoms with Gasteiger partial charge < -0.3 is 14.6 Å². The van der Waals surface area contributed by atoms with Crippen LogP contribution in [0.15, 0.2) is 4.52 Å². The Labute approximate surface area is 96.6 Å².